The summed E-state index contributed by atoms with van der Waals surface area (Å²) in [6.07, 6.45) is 4.23. The molecule has 2 unspecified atom stereocenters. The third-order valence-corrected chi connectivity index (χ3v) is 7.86. The standard InChI is InChI=1S/C31H35NO5S/c1-4-16-32-21-24(19-31(33)34)27-13-12-25(20-28(27)32)36-17-15-22(3)37-29-14-11-23(5-2)18-30(29)38(35)26-9-7-6-8-10-26/h6-14,18,20-22H,4-5,15-17,19H2,1-3H3,(H,33,34). The zero-order valence-electron chi connectivity index (χ0n) is 22.2. The molecule has 4 aromatic rings. The maximum absolute atomic E-state index is 13.3. The highest BCUT2D eigenvalue weighted by atomic mass is 32.2. The summed E-state index contributed by atoms with van der Waals surface area (Å²) in [5, 5.41) is 10.2. The van der Waals surface area contributed by atoms with E-state index < -0.39 is 17.1 Å². The second-order valence-corrected chi connectivity index (χ2v) is 10.8. The van der Waals surface area contributed by atoms with Crippen LogP contribution < -0.4 is 9.47 Å². The van der Waals surface area contributed by atoms with Crippen LogP contribution in [-0.2, 0) is 35.4 Å². The van der Waals surface area contributed by atoms with Crippen LogP contribution in [0.5, 0.6) is 11.5 Å². The van der Waals surface area contributed by atoms with Crippen molar-refractivity contribution in [2.75, 3.05) is 6.61 Å². The van der Waals surface area contributed by atoms with Crippen LogP contribution in [0.25, 0.3) is 10.9 Å². The van der Waals surface area contributed by atoms with Gasteiger partial charge in [-0.15, -0.1) is 0 Å². The Bertz CT molecular complexity index is 1370. The van der Waals surface area contributed by atoms with E-state index in [0.29, 0.717) is 23.7 Å². The topological polar surface area (TPSA) is 83.8 Å². The molecule has 0 aliphatic carbocycles. The third-order valence-electron chi connectivity index (χ3n) is 6.44. The molecule has 1 aromatic heterocycles. The van der Waals surface area contributed by atoms with Gasteiger partial charge in [0.2, 0.25) is 4.90 Å². The molecule has 4 rings (SSSR count). The van der Waals surface area contributed by atoms with E-state index in [1.165, 1.54) is 0 Å². The highest BCUT2D eigenvalue weighted by Crippen LogP contribution is 2.32. The first kappa shape index (κ1) is 27.6. The highest BCUT2D eigenvalue weighted by Gasteiger charge is 2.22. The molecule has 3 aromatic carbocycles. The van der Waals surface area contributed by atoms with Gasteiger partial charge < -0.3 is 23.7 Å². The van der Waals surface area contributed by atoms with Gasteiger partial charge in [0.25, 0.3) is 0 Å². The van der Waals surface area contributed by atoms with Gasteiger partial charge in [-0.1, -0.05) is 38.1 Å². The highest BCUT2D eigenvalue weighted by molar-refractivity contribution is 7.91. The van der Waals surface area contributed by atoms with Gasteiger partial charge in [0.15, 0.2) is 10.6 Å². The van der Waals surface area contributed by atoms with Crippen molar-refractivity contribution < 1.29 is 23.9 Å². The Balaban J connectivity index is 1.43. The van der Waals surface area contributed by atoms with Crippen LogP contribution in [0.1, 0.15) is 44.7 Å². The lowest BCUT2D eigenvalue weighted by molar-refractivity contribution is -0.136. The summed E-state index contributed by atoms with van der Waals surface area (Å²) in [6, 6.07) is 21.1. The number of carbonyl (C=O) groups is 1. The van der Waals surface area contributed by atoms with E-state index in [1.807, 2.05) is 79.9 Å². The molecule has 0 aliphatic rings. The predicted molar refractivity (Wildman–Crippen MR) is 151 cm³/mol. The zero-order valence-corrected chi connectivity index (χ0v) is 23.0. The van der Waals surface area contributed by atoms with E-state index in [4.69, 9.17) is 9.47 Å². The number of ether oxygens (including phenoxy) is 2. The number of nitrogens with zero attached hydrogens (tertiary/aromatic N) is 1. The number of carboxylic acid groups (broad SMARTS) is 1. The molecular formula is C31H35NO5S. The molecule has 7 heteroatoms. The third kappa shape index (κ3) is 6.71. The molecular weight excluding hydrogens is 498 g/mol. The average Bonchev–Trinajstić information content (AvgIpc) is 3.24. The fourth-order valence-corrected chi connectivity index (χ4v) is 5.69. The molecule has 0 amide bonds. The van der Waals surface area contributed by atoms with Gasteiger partial charge in [-0.2, -0.15) is 0 Å². The quantitative estimate of drug-likeness (QED) is 0.195. The van der Waals surface area contributed by atoms with Gasteiger partial charge >= 0.3 is 5.97 Å². The number of aryl methyl sites for hydroxylation is 2. The minimum Gasteiger partial charge on any atom is -0.606 e. The van der Waals surface area contributed by atoms with E-state index in [1.54, 1.807) is 0 Å². The lowest BCUT2D eigenvalue weighted by Crippen LogP contribution is -2.17. The monoisotopic (exact) mass is 533 g/mol. The summed E-state index contributed by atoms with van der Waals surface area (Å²) in [7, 11) is 0. The Morgan fingerprint density at radius 2 is 1.87 bits per heavy atom. The SMILES string of the molecule is CCCn1cc(CC(=O)O)c2ccc(OCCC(C)Oc3ccc(CC)cc3[S+]([O-])c3ccccc3)cc21. The van der Waals surface area contributed by atoms with Crippen LogP contribution in [0.15, 0.2) is 82.7 Å². The zero-order chi connectivity index (χ0) is 27.1. The molecule has 0 saturated heterocycles. The van der Waals surface area contributed by atoms with Crippen molar-refractivity contribution in [1.82, 2.24) is 4.57 Å². The number of carboxylic acids is 1. The van der Waals surface area contributed by atoms with Crippen LogP contribution >= 0.6 is 0 Å². The summed E-state index contributed by atoms with van der Waals surface area (Å²) in [4.78, 5) is 12.7. The molecule has 38 heavy (non-hydrogen) atoms. The summed E-state index contributed by atoms with van der Waals surface area (Å²) in [5.41, 5.74) is 2.91. The second-order valence-electron chi connectivity index (χ2n) is 9.38. The maximum atomic E-state index is 13.3. The van der Waals surface area contributed by atoms with Crippen LogP contribution in [0.3, 0.4) is 0 Å². The van der Waals surface area contributed by atoms with Gasteiger partial charge in [0, 0.05) is 47.9 Å². The summed E-state index contributed by atoms with van der Waals surface area (Å²) in [6.45, 7) is 7.43. The fourth-order valence-electron chi connectivity index (χ4n) is 4.47. The lowest BCUT2D eigenvalue weighted by atomic mass is 10.1. The first-order valence-corrected chi connectivity index (χ1v) is 14.3. The van der Waals surface area contributed by atoms with Crippen molar-refractivity contribution in [1.29, 1.82) is 0 Å². The van der Waals surface area contributed by atoms with Crippen LogP contribution in [-0.4, -0.2) is 32.9 Å². The van der Waals surface area contributed by atoms with Crippen molar-refractivity contribution in [3.63, 3.8) is 0 Å². The first-order valence-electron chi connectivity index (χ1n) is 13.1. The van der Waals surface area contributed by atoms with Crippen LogP contribution in [0.2, 0.25) is 0 Å². The fraction of sp³-hybridized carbons (Fsp3) is 0.323. The van der Waals surface area contributed by atoms with E-state index in [-0.39, 0.29) is 12.5 Å². The molecule has 0 bridgehead atoms. The number of hydrogen-bond donors (Lipinski definition) is 1. The van der Waals surface area contributed by atoms with E-state index in [2.05, 4.69) is 18.4 Å². The smallest absolute Gasteiger partial charge is 0.307 e. The molecule has 0 spiro atoms. The Morgan fingerprint density at radius 1 is 1.08 bits per heavy atom. The average molecular weight is 534 g/mol. The first-order chi connectivity index (χ1) is 18.4. The molecule has 1 N–H and O–H groups in total. The van der Waals surface area contributed by atoms with Crippen LogP contribution in [0.4, 0.5) is 0 Å². The molecule has 0 radical (unpaired) electrons. The van der Waals surface area contributed by atoms with E-state index in [0.717, 1.165) is 52.1 Å². The van der Waals surface area contributed by atoms with Gasteiger partial charge in [0.1, 0.15) is 5.75 Å². The molecule has 6 nitrogen and oxygen atoms in total. The molecule has 2 atom stereocenters. The molecule has 1 heterocycles. The molecule has 0 aliphatic heterocycles. The van der Waals surface area contributed by atoms with E-state index >= 15 is 0 Å². The summed E-state index contributed by atoms with van der Waals surface area (Å²) in [5.74, 6) is 0.525. The summed E-state index contributed by atoms with van der Waals surface area (Å²) >= 11 is -1.34. The van der Waals surface area contributed by atoms with Crippen molar-refractivity contribution in [2.45, 2.75) is 68.9 Å². The number of aromatic nitrogens is 1. The van der Waals surface area contributed by atoms with Gasteiger partial charge in [-0.25, -0.2) is 0 Å². The number of fused-ring (bicyclic) bond motifs is 1. The minimum atomic E-state index is -1.34. The Kier molecular flexibility index (Phi) is 9.37. The Morgan fingerprint density at radius 3 is 2.58 bits per heavy atom. The number of aliphatic carboxylic acids is 1. The summed E-state index contributed by atoms with van der Waals surface area (Å²) < 4.78 is 27.7. The minimum absolute atomic E-state index is 0.00143. The normalized spacial score (nSPS) is 12.8. The number of benzene rings is 3. The van der Waals surface area contributed by atoms with Gasteiger partial charge in [-0.05, 0) is 61.2 Å². The molecule has 0 saturated carbocycles. The predicted octanol–water partition coefficient (Wildman–Crippen LogP) is 6.64. The van der Waals surface area contributed by atoms with E-state index in [9.17, 15) is 14.5 Å². The molecule has 0 fully saturated rings. The second kappa shape index (κ2) is 12.9. The van der Waals surface area contributed by atoms with Crippen molar-refractivity contribution >= 4 is 28.0 Å². The number of hydrogen-bond acceptors (Lipinski definition) is 4. The van der Waals surface area contributed by atoms with Gasteiger partial charge in [-0.3, -0.25) is 4.79 Å². The van der Waals surface area contributed by atoms with Crippen molar-refractivity contribution in [3.05, 3.63) is 84.1 Å². The van der Waals surface area contributed by atoms with Crippen molar-refractivity contribution in [3.8, 4) is 11.5 Å². The van der Waals surface area contributed by atoms with Gasteiger partial charge in [0.05, 0.1) is 24.6 Å². The Labute approximate surface area is 227 Å². The largest absolute Gasteiger partial charge is 0.606 e. The molecule has 200 valence electrons. The van der Waals surface area contributed by atoms with Crippen LogP contribution in [0, 0.1) is 0 Å². The number of rotatable bonds is 13. The maximum Gasteiger partial charge on any atom is 0.307 e. The Hall–Kier alpha value is -3.42. The van der Waals surface area contributed by atoms with Crippen molar-refractivity contribution in [2.24, 2.45) is 0 Å². The lowest BCUT2D eigenvalue weighted by Gasteiger charge is -2.19.